The van der Waals surface area contributed by atoms with E-state index in [0.29, 0.717) is 12.1 Å². The fourth-order valence-electron chi connectivity index (χ4n) is 4.77. The molecule has 0 bridgehead atoms. The van der Waals surface area contributed by atoms with Gasteiger partial charge in [-0.05, 0) is 70.7 Å². The van der Waals surface area contributed by atoms with Gasteiger partial charge < -0.3 is 10.6 Å². The van der Waals surface area contributed by atoms with Gasteiger partial charge in [-0.1, -0.05) is 0 Å². The maximum absolute atomic E-state index is 11.0. The summed E-state index contributed by atoms with van der Waals surface area (Å²) in [6.07, 6.45) is 8.05. The fourth-order valence-corrected chi connectivity index (χ4v) is 4.77. The van der Waals surface area contributed by atoms with Gasteiger partial charge >= 0.3 is 0 Å². The molecule has 2 saturated heterocycles. The molecule has 3 rings (SSSR count). The highest BCUT2D eigenvalue weighted by molar-refractivity contribution is 5.90. The summed E-state index contributed by atoms with van der Waals surface area (Å²) >= 11 is 0. The van der Waals surface area contributed by atoms with E-state index in [2.05, 4.69) is 48.2 Å². The Morgan fingerprint density at radius 2 is 1.84 bits per heavy atom. The van der Waals surface area contributed by atoms with Gasteiger partial charge in [-0.25, -0.2) is 10.5 Å². The monoisotopic (exact) mass is 495 g/mol. The van der Waals surface area contributed by atoms with E-state index in [1.54, 1.807) is 17.8 Å². The number of hydroxylamine groups is 1. The van der Waals surface area contributed by atoms with Crippen LogP contribution in [0.2, 0.25) is 0 Å². The summed E-state index contributed by atoms with van der Waals surface area (Å²) in [5.41, 5.74) is 2.70. The van der Waals surface area contributed by atoms with Crippen molar-refractivity contribution in [3.8, 4) is 0 Å². The van der Waals surface area contributed by atoms with Crippen molar-refractivity contribution >= 4 is 55.0 Å². The molecule has 0 unspecified atom stereocenters. The third-order valence-corrected chi connectivity index (χ3v) is 5.58. The van der Waals surface area contributed by atoms with Crippen LogP contribution in [-0.4, -0.2) is 57.2 Å². The molecule has 1 aromatic rings. The molecule has 0 saturated carbocycles. The Morgan fingerprint density at radius 3 is 2.39 bits per heavy atom. The minimum absolute atomic E-state index is 0. The lowest BCUT2D eigenvalue weighted by Gasteiger charge is -2.49. The van der Waals surface area contributed by atoms with Crippen molar-refractivity contribution in [2.75, 3.05) is 18.4 Å². The van der Waals surface area contributed by atoms with Gasteiger partial charge in [-0.15, -0.1) is 37.2 Å². The number of piperidine rings is 1. The average Bonchev–Trinajstić information content (AvgIpc) is 3.07. The largest absolute Gasteiger partial charge is 0.366 e. The normalized spacial score (nSPS) is 22.7. The van der Waals surface area contributed by atoms with E-state index in [1.807, 2.05) is 12.1 Å². The van der Waals surface area contributed by atoms with E-state index in [-0.39, 0.29) is 48.3 Å². The topological polar surface area (TPSA) is 89.5 Å². The molecule has 31 heavy (non-hydrogen) atoms. The predicted octanol–water partition coefficient (Wildman–Crippen LogP) is 3.66. The number of hydrogen-bond acceptors (Lipinski definition) is 6. The fraction of sp³-hybridized carbons (Fsp3) is 0.619. The quantitative estimate of drug-likeness (QED) is 0.283. The first-order chi connectivity index (χ1) is 13.2. The zero-order chi connectivity index (χ0) is 20.4. The van der Waals surface area contributed by atoms with E-state index in [4.69, 9.17) is 5.21 Å². The first-order valence-corrected chi connectivity index (χ1v) is 10.0. The van der Waals surface area contributed by atoms with Crippen LogP contribution in [-0.2, 0) is 4.79 Å². The van der Waals surface area contributed by atoms with Crippen LogP contribution in [0.25, 0.3) is 6.08 Å². The molecule has 1 amide bonds. The van der Waals surface area contributed by atoms with Crippen LogP contribution in [0.1, 0.15) is 52.5 Å². The summed E-state index contributed by atoms with van der Waals surface area (Å²) in [7, 11) is 0. The van der Waals surface area contributed by atoms with E-state index >= 15 is 0 Å². The number of carbonyl (C=O) groups is 1. The number of halogens is 3. The molecule has 0 aromatic carbocycles. The van der Waals surface area contributed by atoms with Crippen molar-refractivity contribution in [3.05, 3.63) is 30.0 Å². The summed E-state index contributed by atoms with van der Waals surface area (Å²) in [6.45, 7) is 11.4. The number of hydrogen-bond donors (Lipinski definition) is 4. The molecule has 0 aliphatic carbocycles. The standard InChI is InChI=1S/C21H33N5O2.3ClH/c1-20(2)11-17(12-21(3,4)25-20)26-10-9-16(14-26)23-18-7-5-15(13-22-18)6-8-19(27)24-28;;;/h5-8,13,16-17,25,28H,9-12,14H2,1-4H3,(H,22,23)(H,24,27);3*1H/b8-6+;;;/t16-;;;/m1.../s1. The lowest BCUT2D eigenvalue weighted by atomic mass is 9.79. The van der Waals surface area contributed by atoms with Crippen molar-refractivity contribution in [1.82, 2.24) is 20.7 Å². The van der Waals surface area contributed by atoms with Crippen molar-refractivity contribution in [2.24, 2.45) is 0 Å². The number of aromatic nitrogens is 1. The molecule has 2 aliphatic heterocycles. The van der Waals surface area contributed by atoms with E-state index in [1.165, 1.54) is 18.9 Å². The first kappa shape index (κ1) is 29.9. The molecular weight excluding hydrogens is 461 g/mol. The maximum atomic E-state index is 11.0. The number of carbonyl (C=O) groups excluding carboxylic acids is 1. The van der Waals surface area contributed by atoms with E-state index < -0.39 is 5.91 Å². The van der Waals surface area contributed by atoms with E-state index in [0.717, 1.165) is 30.9 Å². The lowest BCUT2D eigenvalue weighted by Crippen LogP contribution is -2.62. The highest BCUT2D eigenvalue weighted by Crippen LogP contribution is 2.33. The van der Waals surface area contributed by atoms with Gasteiger partial charge in [0.1, 0.15) is 5.82 Å². The number of anilines is 1. The summed E-state index contributed by atoms with van der Waals surface area (Å²) in [5, 5.41) is 15.8. The number of nitrogens with zero attached hydrogens (tertiary/aromatic N) is 2. The molecule has 10 heteroatoms. The second-order valence-corrected chi connectivity index (χ2v) is 9.37. The summed E-state index contributed by atoms with van der Waals surface area (Å²) in [4.78, 5) is 18.1. The molecule has 2 fully saturated rings. The molecule has 3 heterocycles. The maximum Gasteiger partial charge on any atom is 0.267 e. The molecule has 4 N–H and O–H groups in total. The van der Waals surface area contributed by atoms with Gasteiger partial charge in [0.05, 0.1) is 0 Å². The molecule has 2 aliphatic rings. The molecule has 1 aromatic heterocycles. The van der Waals surface area contributed by atoms with Crippen LogP contribution in [0, 0.1) is 0 Å². The molecule has 178 valence electrons. The van der Waals surface area contributed by atoms with Crippen molar-refractivity contribution < 1.29 is 10.0 Å². The van der Waals surface area contributed by atoms with E-state index in [9.17, 15) is 4.79 Å². The second kappa shape index (κ2) is 12.2. The van der Waals surface area contributed by atoms with Gasteiger partial charge in [0.2, 0.25) is 0 Å². The minimum atomic E-state index is -0.558. The summed E-state index contributed by atoms with van der Waals surface area (Å²) in [6, 6.07) is 4.84. The zero-order valence-corrected chi connectivity index (χ0v) is 21.0. The van der Waals surface area contributed by atoms with Gasteiger partial charge in [0.15, 0.2) is 0 Å². The first-order valence-electron chi connectivity index (χ1n) is 10.0. The Balaban J connectivity index is 0.00000300. The second-order valence-electron chi connectivity index (χ2n) is 9.37. The Bertz CT molecular complexity index is 712. The Labute approximate surface area is 204 Å². The number of likely N-dealkylation sites (tertiary alicyclic amines) is 1. The number of rotatable bonds is 5. The Hall–Kier alpha value is -1.09. The third kappa shape index (κ3) is 8.75. The SMILES string of the molecule is CC1(C)CC(N2CC[C@@H](Nc3ccc(/C=C/C(=O)NO)cn3)C2)CC(C)(C)N1.Cl.Cl.Cl. The number of amides is 1. The van der Waals surface area contributed by atoms with Gasteiger partial charge in [0, 0.05) is 48.5 Å². The van der Waals surface area contributed by atoms with Crippen LogP contribution in [0.5, 0.6) is 0 Å². The average molecular weight is 497 g/mol. The molecule has 1 atom stereocenters. The van der Waals surface area contributed by atoms with Gasteiger partial charge in [-0.2, -0.15) is 0 Å². The Kier molecular flexibility index (Phi) is 11.8. The van der Waals surface area contributed by atoms with Gasteiger partial charge in [0.25, 0.3) is 5.91 Å². The minimum Gasteiger partial charge on any atom is -0.366 e. The Morgan fingerprint density at radius 1 is 1.19 bits per heavy atom. The zero-order valence-electron chi connectivity index (χ0n) is 18.6. The van der Waals surface area contributed by atoms with Crippen LogP contribution in [0.3, 0.4) is 0 Å². The van der Waals surface area contributed by atoms with Crippen LogP contribution < -0.4 is 16.1 Å². The number of nitrogens with one attached hydrogen (secondary N) is 3. The molecule has 7 nitrogen and oxygen atoms in total. The predicted molar refractivity (Wildman–Crippen MR) is 133 cm³/mol. The summed E-state index contributed by atoms with van der Waals surface area (Å²) in [5.74, 6) is 0.291. The van der Waals surface area contributed by atoms with Crippen molar-refractivity contribution in [1.29, 1.82) is 0 Å². The van der Waals surface area contributed by atoms with Crippen LogP contribution >= 0.6 is 37.2 Å². The van der Waals surface area contributed by atoms with Crippen LogP contribution in [0.15, 0.2) is 24.4 Å². The lowest BCUT2D eigenvalue weighted by molar-refractivity contribution is -0.124. The molecule has 0 spiro atoms. The molecule has 0 radical (unpaired) electrons. The third-order valence-electron chi connectivity index (χ3n) is 5.58. The highest BCUT2D eigenvalue weighted by Gasteiger charge is 2.41. The highest BCUT2D eigenvalue weighted by atomic mass is 35.5. The smallest absolute Gasteiger partial charge is 0.267 e. The van der Waals surface area contributed by atoms with Gasteiger partial charge in [-0.3, -0.25) is 14.9 Å². The molecular formula is C21H36Cl3N5O2. The van der Waals surface area contributed by atoms with Crippen LogP contribution in [0.4, 0.5) is 5.82 Å². The van der Waals surface area contributed by atoms with Crippen molar-refractivity contribution in [3.63, 3.8) is 0 Å². The summed E-state index contributed by atoms with van der Waals surface area (Å²) < 4.78 is 0. The number of pyridine rings is 1. The van der Waals surface area contributed by atoms with Crippen molar-refractivity contribution in [2.45, 2.75) is 70.1 Å².